The number of unbranched alkanes of at least 4 members (excludes halogenated alkanes) is 1. The molecular formula is C22H26N4O6. The fourth-order valence-electron chi connectivity index (χ4n) is 3.23. The predicted molar refractivity (Wildman–Crippen MR) is 119 cm³/mol. The van der Waals surface area contributed by atoms with E-state index in [1.165, 1.54) is 24.9 Å². The lowest BCUT2D eigenvalue weighted by atomic mass is 10.2. The van der Waals surface area contributed by atoms with Crippen LogP contribution in [0.25, 0.3) is 17.2 Å². The fraction of sp³-hybridized carbons (Fsp3) is 0.364. The van der Waals surface area contributed by atoms with E-state index < -0.39 is 17.2 Å². The number of H-pyrrole nitrogens is 1. The quantitative estimate of drug-likeness (QED) is 0.398. The van der Waals surface area contributed by atoms with Crippen molar-refractivity contribution in [1.29, 1.82) is 0 Å². The Kier molecular flexibility index (Phi) is 7.14. The van der Waals surface area contributed by atoms with Crippen molar-refractivity contribution in [3.05, 3.63) is 56.5 Å². The van der Waals surface area contributed by atoms with Crippen molar-refractivity contribution in [3.63, 3.8) is 0 Å². The van der Waals surface area contributed by atoms with Crippen molar-refractivity contribution in [2.45, 2.75) is 32.9 Å². The van der Waals surface area contributed by atoms with Gasteiger partial charge < -0.3 is 18.8 Å². The van der Waals surface area contributed by atoms with Gasteiger partial charge in [0.1, 0.15) is 12.4 Å². The maximum absolute atomic E-state index is 12.4. The predicted octanol–water partition coefficient (Wildman–Crippen LogP) is 2.00. The molecule has 0 aliphatic rings. The maximum atomic E-state index is 12.4. The topological polar surface area (TPSA) is 117 Å². The summed E-state index contributed by atoms with van der Waals surface area (Å²) in [5.74, 6) is 0.956. The Hall–Kier alpha value is -3.82. The van der Waals surface area contributed by atoms with Gasteiger partial charge in [0.15, 0.2) is 22.7 Å². The van der Waals surface area contributed by atoms with Crippen LogP contribution in [-0.2, 0) is 29.7 Å². The second kappa shape index (κ2) is 9.99. The van der Waals surface area contributed by atoms with Crippen LogP contribution in [0.3, 0.4) is 0 Å². The van der Waals surface area contributed by atoms with Gasteiger partial charge in [0.25, 0.3) is 5.56 Å². The number of rotatable bonds is 9. The lowest BCUT2D eigenvalue weighted by Crippen LogP contribution is -2.31. The van der Waals surface area contributed by atoms with Crippen molar-refractivity contribution in [2.75, 3.05) is 14.2 Å². The molecule has 10 nitrogen and oxygen atoms in total. The summed E-state index contributed by atoms with van der Waals surface area (Å²) < 4.78 is 19.0. The van der Waals surface area contributed by atoms with Crippen LogP contribution in [0.1, 0.15) is 31.2 Å². The number of ether oxygens (including phenoxy) is 3. The summed E-state index contributed by atoms with van der Waals surface area (Å²) in [6, 6.07) is 5.19. The fourth-order valence-corrected chi connectivity index (χ4v) is 3.23. The van der Waals surface area contributed by atoms with E-state index in [9.17, 15) is 14.4 Å². The van der Waals surface area contributed by atoms with Gasteiger partial charge in [-0.3, -0.25) is 14.3 Å². The van der Waals surface area contributed by atoms with Crippen LogP contribution in [0.5, 0.6) is 11.5 Å². The number of carbonyl (C=O) groups excluding carboxylic acids is 1. The lowest BCUT2D eigenvalue weighted by Gasteiger charge is -2.11. The number of hydrogen-bond acceptors (Lipinski definition) is 7. The standard InChI is InChI=1S/C22H26N4O6/c1-5-6-11-26-20-19(21(28)24-22(26)29)25(2)17(23-20)13-32-15-9-7-14(12-16(15)30-3)8-10-18(27)31-4/h7-10,12H,5-6,11,13H2,1-4H3,(H,24,28,29)/b10-8+. The van der Waals surface area contributed by atoms with Crippen LogP contribution >= 0.6 is 0 Å². The molecule has 32 heavy (non-hydrogen) atoms. The molecule has 10 heteroatoms. The number of methoxy groups -OCH3 is 2. The molecule has 1 aromatic carbocycles. The molecule has 0 bridgehead atoms. The largest absolute Gasteiger partial charge is 0.493 e. The molecule has 0 saturated carbocycles. The third-order valence-electron chi connectivity index (χ3n) is 5.00. The zero-order valence-electron chi connectivity index (χ0n) is 18.5. The molecule has 0 amide bonds. The van der Waals surface area contributed by atoms with Gasteiger partial charge in [0.2, 0.25) is 0 Å². The Bertz CT molecular complexity index is 1270. The highest BCUT2D eigenvalue weighted by Gasteiger charge is 2.17. The number of aromatic amines is 1. The Balaban J connectivity index is 1.89. The first kappa shape index (κ1) is 22.9. The highest BCUT2D eigenvalue weighted by atomic mass is 16.5. The van der Waals surface area contributed by atoms with E-state index in [0.29, 0.717) is 35.0 Å². The summed E-state index contributed by atoms with van der Waals surface area (Å²) in [5, 5.41) is 0. The molecular weight excluding hydrogens is 416 g/mol. The molecule has 0 aliphatic carbocycles. The molecule has 0 spiro atoms. The summed E-state index contributed by atoms with van der Waals surface area (Å²) in [5.41, 5.74) is 0.420. The SMILES string of the molecule is CCCCn1c(=O)[nH]c(=O)c2c1nc(COc1ccc(/C=C/C(=O)OC)cc1OC)n2C. The van der Waals surface area contributed by atoms with Gasteiger partial charge >= 0.3 is 11.7 Å². The van der Waals surface area contributed by atoms with Crippen LogP contribution in [0.15, 0.2) is 33.9 Å². The number of nitrogens with zero attached hydrogens (tertiary/aromatic N) is 3. The molecule has 170 valence electrons. The molecule has 0 atom stereocenters. The number of fused-ring (bicyclic) bond motifs is 1. The summed E-state index contributed by atoms with van der Waals surface area (Å²) in [7, 11) is 4.52. The van der Waals surface area contributed by atoms with Gasteiger partial charge in [-0.25, -0.2) is 14.6 Å². The minimum Gasteiger partial charge on any atom is -0.493 e. The number of esters is 1. The third kappa shape index (κ3) is 4.74. The monoisotopic (exact) mass is 442 g/mol. The van der Waals surface area contributed by atoms with Crippen molar-refractivity contribution in [3.8, 4) is 11.5 Å². The number of hydrogen-bond donors (Lipinski definition) is 1. The van der Waals surface area contributed by atoms with Crippen molar-refractivity contribution >= 4 is 23.2 Å². The van der Waals surface area contributed by atoms with E-state index in [1.807, 2.05) is 6.92 Å². The molecule has 2 heterocycles. The minimum absolute atomic E-state index is 0.0558. The molecule has 0 saturated heterocycles. The number of benzene rings is 1. The first-order valence-corrected chi connectivity index (χ1v) is 10.1. The minimum atomic E-state index is -0.488. The molecule has 0 unspecified atom stereocenters. The lowest BCUT2D eigenvalue weighted by molar-refractivity contribution is -0.134. The summed E-state index contributed by atoms with van der Waals surface area (Å²) >= 11 is 0. The molecule has 3 rings (SSSR count). The Labute approximate surface area is 184 Å². The highest BCUT2D eigenvalue weighted by molar-refractivity contribution is 5.87. The van der Waals surface area contributed by atoms with Crippen LogP contribution in [0.4, 0.5) is 0 Å². The van der Waals surface area contributed by atoms with Crippen LogP contribution in [0, 0.1) is 0 Å². The number of imidazole rings is 1. The van der Waals surface area contributed by atoms with Gasteiger partial charge in [-0.1, -0.05) is 19.4 Å². The van der Waals surface area contributed by atoms with Gasteiger partial charge in [-0.05, 0) is 30.2 Å². The summed E-state index contributed by atoms with van der Waals surface area (Å²) in [6.07, 6.45) is 4.60. The maximum Gasteiger partial charge on any atom is 0.330 e. The van der Waals surface area contributed by atoms with E-state index >= 15 is 0 Å². The summed E-state index contributed by atoms with van der Waals surface area (Å²) in [4.78, 5) is 42.8. The van der Waals surface area contributed by atoms with E-state index in [-0.39, 0.29) is 6.61 Å². The van der Waals surface area contributed by atoms with E-state index in [0.717, 1.165) is 18.4 Å². The molecule has 1 N–H and O–H groups in total. The summed E-state index contributed by atoms with van der Waals surface area (Å²) in [6.45, 7) is 2.55. The number of aromatic nitrogens is 4. The van der Waals surface area contributed by atoms with Crippen LogP contribution in [0.2, 0.25) is 0 Å². The van der Waals surface area contributed by atoms with Gasteiger partial charge in [-0.15, -0.1) is 0 Å². The zero-order chi connectivity index (χ0) is 23.3. The van der Waals surface area contributed by atoms with E-state index in [1.54, 1.807) is 35.9 Å². The Morgan fingerprint density at radius 2 is 2.00 bits per heavy atom. The number of aryl methyl sites for hydroxylation is 2. The van der Waals surface area contributed by atoms with Gasteiger partial charge in [-0.2, -0.15) is 0 Å². The van der Waals surface area contributed by atoms with Crippen molar-refractivity contribution in [2.24, 2.45) is 7.05 Å². The molecule has 0 radical (unpaired) electrons. The third-order valence-corrected chi connectivity index (χ3v) is 5.00. The number of carbonyl (C=O) groups is 1. The number of nitrogens with one attached hydrogen (secondary N) is 1. The average Bonchev–Trinajstić information content (AvgIpc) is 3.12. The Morgan fingerprint density at radius 1 is 1.22 bits per heavy atom. The van der Waals surface area contributed by atoms with Crippen molar-refractivity contribution < 1.29 is 19.0 Å². The van der Waals surface area contributed by atoms with Crippen LogP contribution in [-0.4, -0.2) is 39.3 Å². The average molecular weight is 442 g/mol. The Morgan fingerprint density at radius 3 is 2.69 bits per heavy atom. The normalized spacial score (nSPS) is 11.2. The molecule has 3 aromatic rings. The molecule has 0 fully saturated rings. The zero-order valence-corrected chi connectivity index (χ0v) is 18.5. The van der Waals surface area contributed by atoms with E-state index in [2.05, 4.69) is 14.7 Å². The van der Waals surface area contributed by atoms with Crippen LogP contribution < -0.4 is 20.7 Å². The molecule has 2 aromatic heterocycles. The van der Waals surface area contributed by atoms with Crippen molar-refractivity contribution in [1.82, 2.24) is 19.1 Å². The molecule has 0 aliphatic heterocycles. The second-order valence-corrected chi connectivity index (χ2v) is 7.08. The van der Waals surface area contributed by atoms with Gasteiger partial charge in [0.05, 0.1) is 14.2 Å². The van der Waals surface area contributed by atoms with Gasteiger partial charge in [0, 0.05) is 19.7 Å². The smallest absolute Gasteiger partial charge is 0.330 e. The first-order valence-electron chi connectivity index (χ1n) is 10.1. The second-order valence-electron chi connectivity index (χ2n) is 7.08. The first-order chi connectivity index (χ1) is 15.4. The highest BCUT2D eigenvalue weighted by Crippen LogP contribution is 2.29. The van der Waals surface area contributed by atoms with E-state index in [4.69, 9.17) is 9.47 Å².